The Morgan fingerprint density at radius 3 is 2.96 bits per heavy atom. The first-order valence-corrected chi connectivity index (χ1v) is 9.65. The lowest BCUT2D eigenvalue weighted by molar-refractivity contribution is -0.121. The standard InChI is InChI=1S/C18H22N4O2S/c1-21-15-8-9-22(18(24)16-3-2-10-25-16)11-13(15)14(20-21)6-7-17(23)19-12-4-5-12/h2-3,10,12H,4-9,11H2,1H3,(H,19,23). The lowest BCUT2D eigenvalue weighted by atomic mass is 10.0. The molecular formula is C18H22N4O2S. The minimum atomic E-state index is 0.0851. The van der Waals surface area contributed by atoms with E-state index in [2.05, 4.69) is 10.4 Å². The SMILES string of the molecule is Cn1nc(CCC(=O)NC2CC2)c2c1CCN(C(=O)c1cccs1)C2. The van der Waals surface area contributed by atoms with Gasteiger partial charge in [-0.25, -0.2) is 0 Å². The Kier molecular flexibility index (Phi) is 4.33. The van der Waals surface area contributed by atoms with E-state index in [1.807, 2.05) is 34.1 Å². The molecule has 2 aromatic heterocycles. The molecule has 1 aliphatic carbocycles. The zero-order valence-electron chi connectivity index (χ0n) is 14.3. The number of hydrogen-bond acceptors (Lipinski definition) is 4. The van der Waals surface area contributed by atoms with Crippen LogP contribution in [-0.4, -0.2) is 39.1 Å². The summed E-state index contributed by atoms with van der Waals surface area (Å²) < 4.78 is 1.91. The number of carbonyl (C=O) groups is 2. The van der Waals surface area contributed by atoms with Crippen molar-refractivity contribution in [3.05, 3.63) is 39.3 Å². The van der Waals surface area contributed by atoms with Gasteiger partial charge in [-0.15, -0.1) is 11.3 Å². The van der Waals surface area contributed by atoms with E-state index in [0.717, 1.165) is 35.4 Å². The van der Waals surface area contributed by atoms with E-state index in [0.29, 0.717) is 32.0 Å². The lowest BCUT2D eigenvalue weighted by Gasteiger charge is -2.27. The van der Waals surface area contributed by atoms with Crippen LogP contribution in [0.3, 0.4) is 0 Å². The van der Waals surface area contributed by atoms with Crippen molar-refractivity contribution in [2.45, 2.75) is 44.7 Å². The van der Waals surface area contributed by atoms with Crippen LogP contribution >= 0.6 is 11.3 Å². The van der Waals surface area contributed by atoms with E-state index in [4.69, 9.17) is 0 Å². The van der Waals surface area contributed by atoms with Crippen LogP contribution in [0.1, 0.15) is 45.9 Å². The van der Waals surface area contributed by atoms with Gasteiger partial charge >= 0.3 is 0 Å². The van der Waals surface area contributed by atoms with E-state index < -0.39 is 0 Å². The summed E-state index contributed by atoms with van der Waals surface area (Å²) in [5.74, 6) is 0.186. The summed E-state index contributed by atoms with van der Waals surface area (Å²) in [5, 5.41) is 9.56. The molecule has 25 heavy (non-hydrogen) atoms. The normalized spacial score (nSPS) is 16.6. The second-order valence-corrected chi connectivity index (χ2v) is 7.74. The van der Waals surface area contributed by atoms with Gasteiger partial charge < -0.3 is 10.2 Å². The minimum Gasteiger partial charge on any atom is -0.353 e. The smallest absolute Gasteiger partial charge is 0.264 e. The fourth-order valence-corrected chi connectivity index (χ4v) is 4.05. The van der Waals surface area contributed by atoms with Gasteiger partial charge in [-0.05, 0) is 24.3 Å². The topological polar surface area (TPSA) is 67.2 Å². The van der Waals surface area contributed by atoms with E-state index in [1.165, 1.54) is 17.0 Å². The Labute approximate surface area is 150 Å². The Bertz CT molecular complexity index is 792. The van der Waals surface area contributed by atoms with Crippen molar-refractivity contribution in [3.8, 4) is 0 Å². The Hall–Kier alpha value is -2.15. The van der Waals surface area contributed by atoms with Crippen molar-refractivity contribution in [2.24, 2.45) is 7.05 Å². The molecule has 0 aromatic carbocycles. The number of fused-ring (bicyclic) bond motifs is 1. The second kappa shape index (κ2) is 6.63. The average molecular weight is 358 g/mol. The molecule has 132 valence electrons. The third kappa shape index (κ3) is 3.46. The highest BCUT2D eigenvalue weighted by molar-refractivity contribution is 7.12. The molecule has 0 atom stereocenters. The highest BCUT2D eigenvalue weighted by Crippen LogP contribution is 2.25. The molecule has 1 N–H and O–H groups in total. The number of aryl methyl sites for hydroxylation is 2. The van der Waals surface area contributed by atoms with Gasteiger partial charge in [0.1, 0.15) is 0 Å². The van der Waals surface area contributed by atoms with Crippen molar-refractivity contribution >= 4 is 23.2 Å². The average Bonchev–Trinajstić information content (AvgIpc) is 3.14. The molecule has 1 saturated carbocycles. The molecule has 0 spiro atoms. The number of thiophene rings is 1. The van der Waals surface area contributed by atoms with Crippen LogP contribution in [0, 0.1) is 0 Å². The zero-order valence-corrected chi connectivity index (χ0v) is 15.1. The Morgan fingerprint density at radius 2 is 2.24 bits per heavy atom. The van der Waals surface area contributed by atoms with Crippen molar-refractivity contribution in [1.82, 2.24) is 20.0 Å². The maximum atomic E-state index is 12.6. The molecule has 2 aliphatic rings. The highest BCUT2D eigenvalue weighted by Gasteiger charge is 2.28. The van der Waals surface area contributed by atoms with Gasteiger partial charge in [0.25, 0.3) is 5.91 Å². The molecule has 2 aromatic rings. The Balaban J connectivity index is 1.46. The van der Waals surface area contributed by atoms with Crippen LogP contribution in [0.15, 0.2) is 17.5 Å². The van der Waals surface area contributed by atoms with Gasteiger partial charge in [0.2, 0.25) is 5.91 Å². The van der Waals surface area contributed by atoms with Crippen LogP contribution in [-0.2, 0) is 31.2 Å². The number of nitrogens with zero attached hydrogens (tertiary/aromatic N) is 3. The molecule has 2 amide bonds. The molecule has 3 heterocycles. The number of amides is 2. The van der Waals surface area contributed by atoms with E-state index in [1.54, 1.807) is 0 Å². The minimum absolute atomic E-state index is 0.0851. The molecule has 1 aliphatic heterocycles. The van der Waals surface area contributed by atoms with Gasteiger partial charge in [0.15, 0.2) is 0 Å². The molecular weight excluding hydrogens is 336 g/mol. The first-order chi connectivity index (χ1) is 12.1. The maximum absolute atomic E-state index is 12.6. The van der Waals surface area contributed by atoms with Gasteiger partial charge in [-0.1, -0.05) is 6.07 Å². The van der Waals surface area contributed by atoms with Crippen LogP contribution < -0.4 is 5.32 Å². The van der Waals surface area contributed by atoms with E-state index in [9.17, 15) is 9.59 Å². The fourth-order valence-electron chi connectivity index (χ4n) is 3.36. The largest absolute Gasteiger partial charge is 0.353 e. The predicted molar refractivity (Wildman–Crippen MR) is 95.5 cm³/mol. The summed E-state index contributed by atoms with van der Waals surface area (Å²) >= 11 is 1.48. The molecule has 0 unspecified atom stereocenters. The monoisotopic (exact) mass is 358 g/mol. The summed E-state index contributed by atoms with van der Waals surface area (Å²) in [6.45, 7) is 1.30. The van der Waals surface area contributed by atoms with Crippen LogP contribution in [0.5, 0.6) is 0 Å². The third-order valence-corrected chi connectivity index (χ3v) is 5.73. The van der Waals surface area contributed by atoms with Crippen LogP contribution in [0.2, 0.25) is 0 Å². The molecule has 6 nitrogen and oxygen atoms in total. The first kappa shape index (κ1) is 16.3. The first-order valence-electron chi connectivity index (χ1n) is 8.77. The predicted octanol–water partition coefficient (Wildman–Crippen LogP) is 1.89. The second-order valence-electron chi connectivity index (χ2n) is 6.79. The highest BCUT2D eigenvalue weighted by atomic mass is 32.1. The van der Waals surface area contributed by atoms with Crippen molar-refractivity contribution in [2.75, 3.05) is 6.54 Å². The molecule has 0 bridgehead atoms. The summed E-state index contributed by atoms with van der Waals surface area (Å²) in [4.78, 5) is 27.3. The lowest BCUT2D eigenvalue weighted by Crippen LogP contribution is -2.36. The quantitative estimate of drug-likeness (QED) is 0.888. The molecule has 4 rings (SSSR count). The van der Waals surface area contributed by atoms with Crippen molar-refractivity contribution in [3.63, 3.8) is 0 Å². The third-order valence-electron chi connectivity index (χ3n) is 4.88. The molecule has 7 heteroatoms. The molecule has 1 fully saturated rings. The fraction of sp³-hybridized carbons (Fsp3) is 0.500. The van der Waals surface area contributed by atoms with E-state index in [-0.39, 0.29) is 11.8 Å². The number of hydrogen-bond donors (Lipinski definition) is 1. The van der Waals surface area contributed by atoms with Crippen LogP contribution in [0.25, 0.3) is 0 Å². The van der Waals surface area contributed by atoms with Gasteiger partial charge in [0.05, 0.1) is 10.6 Å². The van der Waals surface area contributed by atoms with Crippen molar-refractivity contribution in [1.29, 1.82) is 0 Å². The molecule has 0 radical (unpaired) electrons. The number of nitrogens with one attached hydrogen (secondary N) is 1. The Morgan fingerprint density at radius 1 is 1.40 bits per heavy atom. The summed E-state index contributed by atoms with van der Waals surface area (Å²) in [6, 6.07) is 4.17. The summed E-state index contributed by atoms with van der Waals surface area (Å²) in [5.41, 5.74) is 3.26. The summed E-state index contributed by atoms with van der Waals surface area (Å²) in [6.07, 6.45) is 4.10. The summed E-state index contributed by atoms with van der Waals surface area (Å²) in [7, 11) is 1.95. The van der Waals surface area contributed by atoms with Crippen LogP contribution in [0.4, 0.5) is 0 Å². The van der Waals surface area contributed by atoms with Gasteiger partial charge in [-0.3, -0.25) is 14.3 Å². The zero-order chi connectivity index (χ0) is 17.4. The number of aromatic nitrogens is 2. The number of carbonyl (C=O) groups excluding carboxylic acids is 2. The number of rotatable bonds is 5. The van der Waals surface area contributed by atoms with Gasteiger partial charge in [0, 0.05) is 56.7 Å². The van der Waals surface area contributed by atoms with E-state index >= 15 is 0 Å². The van der Waals surface area contributed by atoms with Gasteiger partial charge in [-0.2, -0.15) is 5.10 Å². The molecule has 0 saturated heterocycles. The maximum Gasteiger partial charge on any atom is 0.264 e. The van der Waals surface area contributed by atoms with Crippen molar-refractivity contribution < 1.29 is 9.59 Å².